The fraction of sp³-hybridized carbons (Fsp3) is 0.727. The first-order valence-electron chi connectivity index (χ1n) is 22.0. The van der Waals surface area contributed by atoms with Crippen LogP contribution < -0.4 is 20.7 Å². The van der Waals surface area contributed by atoms with Crippen LogP contribution in [0.3, 0.4) is 0 Å². The molecule has 1 amide bonds. The summed E-state index contributed by atoms with van der Waals surface area (Å²) in [5.41, 5.74) is 9.52. The van der Waals surface area contributed by atoms with Crippen LogP contribution in [0.5, 0.6) is 5.75 Å². The fourth-order valence-corrected chi connectivity index (χ4v) is 7.51. The van der Waals surface area contributed by atoms with Gasteiger partial charge in [-0.15, -0.1) is 0 Å². The van der Waals surface area contributed by atoms with Crippen molar-refractivity contribution < 1.29 is 14.3 Å². The number of methoxy groups -OCH3 is 1. The van der Waals surface area contributed by atoms with E-state index in [-0.39, 0.29) is 11.9 Å². The molecular formula is C44H74N8O3. The number of anilines is 3. The number of nitrogens with zero attached hydrogens (tertiary/aromatic N) is 6. The maximum atomic E-state index is 12.9. The molecule has 1 aliphatic heterocycles. The molecule has 4 rings (SSSR count). The predicted octanol–water partition coefficient (Wildman–Crippen LogP) is 9.77. The molecule has 3 aromatic rings. The van der Waals surface area contributed by atoms with Gasteiger partial charge >= 0.3 is 0 Å². The predicted molar refractivity (Wildman–Crippen MR) is 228 cm³/mol. The van der Waals surface area contributed by atoms with Crippen molar-refractivity contribution in [3.8, 4) is 5.75 Å². The fourth-order valence-electron chi connectivity index (χ4n) is 7.51. The summed E-state index contributed by atoms with van der Waals surface area (Å²) < 4.78 is 13.6. The lowest BCUT2D eigenvalue weighted by atomic mass is 10.0. The Bertz CT molecular complexity index is 1490. The number of amides is 1. The Morgan fingerprint density at radius 2 is 1.36 bits per heavy atom. The number of benzene rings is 1. The van der Waals surface area contributed by atoms with Gasteiger partial charge in [-0.2, -0.15) is 10.1 Å². The van der Waals surface area contributed by atoms with Crippen LogP contribution in [0.4, 0.5) is 17.5 Å². The quantitative estimate of drug-likeness (QED) is 0.0639. The standard InChI is InChI=1S/C44H74N8O3/c1-4-6-8-9-10-11-12-13-14-15-16-17-18-19-20-22-32-55-33-23-21-24-41(53)51-30-28-50(29-31-51)38-26-25-37(40(34-38)54-3)35-52-36-39-42(49-52)43(46-27-7-5-2)48-44(45)47-39/h25-26,34,36H,4-24,27-33,35H2,1-3H3,(H3,45,46,47,48). The Kier molecular flexibility index (Phi) is 21.1. The molecule has 2 aromatic heterocycles. The Hall–Kier alpha value is -3.60. The second kappa shape index (κ2) is 26.3. The molecular weight excluding hydrogens is 689 g/mol. The largest absolute Gasteiger partial charge is 0.496 e. The number of rotatable bonds is 30. The molecule has 1 fully saturated rings. The number of ether oxygens (including phenoxy) is 2. The molecule has 3 N–H and O–H groups in total. The third-order valence-electron chi connectivity index (χ3n) is 10.9. The van der Waals surface area contributed by atoms with Gasteiger partial charge in [0.1, 0.15) is 11.3 Å². The zero-order valence-corrected chi connectivity index (χ0v) is 34.8. The van der Waals surface area contributed by atoms with Crippen molar-refractivity contribution in [1.29, 1.82) is 0 Å². The van der Waals surface area contributed by atoms with E-state index in [0.29, 0.717) is 29.8 Å². The van der Waals surface area contributed by atoms with Gasteiger partial charge < -0.3 is 30.3 Å². The van der Waals surface area contributed by atoms with Crippen molar-refractivity contribution in [2.75, 3.05) is 69.0 Å². The van der Waals surface area contributed by atoms with Crippen LogP contribution in [-0.2, 0) is 16.1 Å². The normalized spacial score (nSPS) is 13.2. The number of nitrogens with one attached hydrogen (secondary N) is 1. The zero-order valence-electron chi connectivity index (χ0n) is 34.8. The molecule has 0 bridgehead atoms. The number of carbonyl (C=O) groups is 1. The summed E-state index contributed by atoms with van der Waals surface area (Å²) in [7, 11) is 1.70. The van der Waals surface area contributed by atoms with E-state index in [4.69, 9.17) is 20.3 Å². The number of aromatic nitrogens is 4. The van der Waals surface area contributed by atoms with Gasteiger partial charge in [0.25, 0.3) is 0 Å². The number of unbranched alkanes of at least 4 members (excludes halogenated alkanes) is 17. The van der Waals surface area contributed by atoms with Gasteiger partial charge in [0.05, 0.1) is 19.9 Å². The second-order valence-electron chi connectivity index (χ2n) is 15.5. The highest BCUT2D eigenvalue weighted by atomic mass is 16.5. The number of fused-ring (bicyclic) bond motifs is 1. The van der Waals surface area contributed by atoms with Crippen LogP contribution in [0.15, 0.2) is 24.4 Å². The Morgan fingerprint density at radius 3 is 1.98 bits per heavy atom. The lowest BCUT2D eigenvalue weighted by molar-refractivity contribution is -0.131. The Labute approximate surface area is 332 Å². The number of nitrogen functional groups attached to an aromatic ring is 1. The van der Waals surface area contributed by atoms with Gasteiger partial charge in [-0.25, -0.2) is 4.98 Å². The van der Waals surface area contributed by atoms with E-state index in [1.807, 2.05) is 15.8 Å². The van der Waals surface area contributed by atoms with E-state index in [1.54, 1.807) is 7.11 Å². The topological polar surface area (TPSA) is 124 Å². The average Bonchev–Trinajstić information content (AvgIpc) is 3.61. The number of piperazine rings is 1. The molecule has 11 heteroatoms. The first-order chi connectivity index (χ1) is 27.0. The molecule has 1 saturated heterocycles. The van der Waals surface area contributed by atoms with Crippen LogP contribution >= 0.6 is 0 Å². The summed E-state index contributed by atoms with van der Waals surface area (Å²) in [4.78, 5) is 26.1. The Morgan fingerprint density at radius 1 is 0.764 bits per heavy atom. The van der Waals surface area contributed by atoms with Crippen LogP contribution in [-0.4, -0.2) is 83.6 Å². The van der Waals surface area contributed by atoms with E-state index in [1.165, 1.54) is 96.3 Å². The summed E-state index contributed by atoms with van der Waals surface area (Å²) in [5, 5.41) is 8.13. The summed E-state index contributed by atoms with van der Waals surface area (Å²) in [6, 6.07) is 6.32. The molecule has 1 aromatic carbocycles. The van der Waals surface area contributed by atoms with Crippen molar-refractivity contribution in [3.05, 3.63) is 30.0 Å². The molecule has 55 heavy (non-hydrogen) atoms. The van der Waals surface area contributed by atoms with Gasteiger partial charge in [0, 0.05) is 69.7 Å². The SMILES string of the molecule is CCCCCCCCCCCCCCCCCCOCCCCC(=O)N1CCN(c2ccc(Cn3cc4nc(N)nc(NCCCC)c4n3)c(OC)c2)CC1. The van der Waals surface area contributed by atoms with Crippen LogP contribution in [0.2, 0.25) is 0 Å². The number of hydrogen-bond donors (Lipinski definition) is 2. The molecule has 0 spiro atoms. The van der Waals surface area contributed by atoms with E-state index < -0.39 is 0 Å². The number of carbonyl (C=O) groups excluding carboxylic acids is 1. The van der Waals surface area contributed by atoms with Crippen molar-refractivity contribution >= 4 is 34.4 Å². The average molecular weight is 763 g/mol. The van der Waals surface area contributed by atoms with Gasteiger partial charge in [-0.1, -0.05) is 123 Å². The summed E-state index contributed by atoms with van der Waals surface area (Å²) in [6.07, 6.45) is 28.6. The molecule has 1 aliphatic rings. The van der Waals surface area contributed by atoms with E-state index in [2.05, 4.69) is 52.2 Å². The van der Waals surface area contributed by atoms with Crippen LogP contribution in [0, 0.1) is 0 Å². The first-order valence-corrected chi connectivity index (χ1v) is 22.0. The molecule has 0 atom stereocenters. The molecule has 0 saturated carbocycles. The molecule has 308 valence electrons. The maximum absolute atomic E-state index is 12.9. The van der Waals surface area contributed by atoms with Gasteiger partial charge in [0.15, 0.2) is 11.3 Å². The molecule has 0 unspecified atom stereocenters. The van der Waals surface area contributed by atoms with Gasteiger partial charge in [-0.3, -0.25) is 9.48 Å². The molecule has 11 nitrogen and oxygen atoms in total. The second-order valence-corrected chi connectivity index (χ2v) is 15.5. The summed E-state index contributed by atoms with van der Waals surface area (Å²) >= 11 is 0. The highest BCUT2D eigenvalue weighted by Gasteiger charge is 2.22. The molecule has 3 heterocycles. The first kappa shape index (κ1) is 44.1. The molecule has 0 aliphatic carbocycles. The lowest BCUT2D eigenvalue weighted by Gasteiger charge is -2.36. The minimum Gasteiger partial charge on any atom is -0.496 e. The van der Waals surface area contributed by atoms with Crippen LogP contribution in [0.25, 0.3) is 11.0 Å². The third-order valence-corrected chi connectivity index (χ3v) is 10.9. The third kappa shape index (κ3) is 16.2. The van der Waals surface area contributed by atoms with Crippen molar-refractivity contribution in [1.82, 2.24) is 24.6 Å². The van der Waals surface area contributed by atoms with Gasteiger partial charge in [0.2, 0.25) is 11.9 Å². The van der Waals surface area contributed by atoms with Crippen LogP contribution in [0.1, 0.15) is 154 Å². The highest BCUT2D eigenvalue weighted by Crippen LogP contribution is 2.28. The van der Waals surface area contributed by atoms with E-state index in [9.17, 15) is 4.79 Å². The van der Waals surface area contributed by atoms with E-state index in [0.717, 1.165) is 95.0 Å². The minimum absolute atomic E-state index is 0.232. The molecule has 0 radical (unpaired) electrons. The highest BCUT2D eigenvalue weighted by molar-refractivity contribution is 5.85. The van der Waals surface area contributed by atoms with E-state index >= 15 is 0 Å². The number of nitrogens with two attached hydrogens (primary N) is 1. The summed E-state index contributed by atoms with van der Waals surface area (Å²) in [6.45, 7) is 10.5. The Balaban J connectivity index is 1.03. The van der Waals surface area contributed by atoms with Crippen molar-refractivity contribution in [2.24, 2.45) is 0 Å². The monoisotopic (exact) mass is 763 g/mol. The lowest BCUT2D eigenvalue weighted by Crippen LogP contribution is -2.48. The minimum atomic E-state index is 0.232. The summed E-state index contributed by atoms with van der Waals surface area (Å²) in [5.74, 6) is 1.96. The van der Waals surface area contributed by atoms with Crippen molar-refractivity contribution in [3.63, 3.8) is 0 Å². The van der Waals surface area contributed by atoms with Crippen molar-refractivity contribution in [2.45, 2.75) is 155 Å². The smallest absolute Gasteiger partial charge is 0.222 e. The van der Waals surface area contributed by atoms with Gasteiger partial charge in [-0.05, 0) is 31.7 Å². The maximum Gasteiger partial charge on any atom is 0.222 e. The zero-order chi connectivity index (χ0) is 38.9. The number of hydrogen-bond acceptors (Lipinski definition) is 9.